The summed E-state index contributed by atoms with van der Waals surface area (Å²) < 4.78 is 12.1. The predicted octanol–water partition coefficient (Wildman–Crippen LogP) is 4.30. The molecule has 0 fully saturated rings. The lowest BCUT2D eigenvalue weighted by atomic mass is 9.69. The van der Waals surface area contributed by atoms with Crippen molar-refractivity contribution in [2.75, 3.05) is 31.8 Å². The lowest BCUT2D eigenvalue weighted by molar-refractivity contribution is -0.138. The van der Waals surface area contributed by atoms with Crippen molar-refractivity contribution in [1.82, 2.24) is 5.32 Å². The second-order valence-corrected chi connectivity index (χ2v) is 10.4. The van der Waals surface area contributed by atoms with Gasteiger partial charge in [0.2, 0.25) is 0 Å². The summed E-state index contributed by atoms with van der Waals surface area (Å²) in [6, 6.07) is -0.497. The van der Waals surface area contributed by atoms with Crippen LogP contribution in [-0.4, -0.2) is 67.9 Å². The minimum atomic E-state index is -0.801. The fourth-order valence-electron chi connectivity index (χ4n) is 2.77. The van der Waals surface area contributed by atoms with Gasteiger partial charge < -0.3 is 19.9 Å². The van der Waals surface area contributed by atoms with Crippen molar-refractivity contribution in [1.29, 1.82) is 0 Å². The number of aliphatic carboxylic acids is 1. The largest absolute Gasteiger partial charge is 0.480 e. The van der Waals surface area contributed by atoms with E-state index in [-0.39, 0.29) is 16.5 Å². The molecule has 2 radical (unpaired) electrons. The third kappa shape index (κ3) is 15.7. The molecule has 0 aromatic carbocycles. The SMILES string of the molecule is [B]C(C)(C)CCCC(C)(C)OCCC(C)(C)OCCCNC(CSC)C(=O)O. The molecule has 28 heavy (non-hydrogen) atoms. The van der Waals surface area contributed by atoms with Gasteiger partial charge in [-0.1, -0.05) is 32.0 Å². The third-order valence-electron chi connectivity index (χ3n) is 4.63. The van der Waals surface area contributed by atoms with Crippen molar-refractivity contribution < 1.29 is 19.4 Å². The molecule has 0 bridgehead atoms. The van der Waals surface area contributed by atoms with Crippen molar-refractivity contribution in [3.05, 3.63) is 0 Å². The first kappa shape index (κ1) is 27.8. The molecule has 0 amide bonds. The Morgan fingerprint density at radius 1 is 1.00 bits per heavy atom. The van der Waals surface area contributed by atoms with Gasteiger partial charge in [0.15, 0.2) is 0 Å². The monoisotopic (exact) mass is 415 g/mol. The van der Waals surface area contributed by atoms with E-state index in [1.165, 1.54) is 11.8 Å². The van der Waals surface area contributed by atoms with Gasteiger partial charge in [0.1, 0.15) is 6.04 Å². The number of carbonyl (C=O) groups is 1. The Hall–Kier alpha value is -0.235. The first-order valence-corrected chi connectivity index (χ1v) is 11.7. The first-order chi connectivity index (χ1) is 12.8. The van der Waals surface area contributed by atoms with Crippen molar-refractivity contribution in [2.45, 2.75) is 96.2 Å². The fraction of sp³-hybridized carbons (Fsp3) is 0.952. The number of ether oxygens (including phenoxy) is 2. The molecule has 0 aliphatic rings. The van der Waals surface area contributed by atoms with Gasteiger partial charge in [-0.05, 0) is 59.8 Å². The topological polar surface area (TPSA) is 67.8 Å². The summed E-state index contributed by atoms with van der Waals surface area (Å²) in [6.07, 6.45) is 6.53. The van der Waals surface area contributed by atoms with Gasteiger partial charge in [0.05, 0.1) is 25.7 Å². The molecule has 2 N–H and O–H groups in total. The zero-order chi connectivity index (χ0) is 21.8. The van der Waals surface area contributed by atoms with Crippen LogP contribution in [0.25, 0.3) is 0 Å². The van der Waals surface area contributed by atoms with Gasteiger partial charge in [-0.3, -0.25) is 4.79 Å². The number of rotatable bonds is 17. The molecule has 0 spiro atoms. The average molecular weight is 415 g/mol. The third-order valence-corrected chi connectivity index (χ3v) is 5.30. The lowest BCUT2D eigenvalue weighted by Crippen LogP contribution is -2.39. The molecule has 7 heteroatoms. The molecule has 0 aliphatic heterocycles. The van der Waals surface area contributed by atoms with Crippen LogP contribution in [0.2, 0.25) is 5.31 Å². The van der Waals surface area contributed by atoms with Gasteiger partial charge in [0.25, 0.3) is 0 Å². The lowest BCUT2D eigenvalue weighted by Gasteiger charge is -2.30. The first-order valence-electron chi connectivity index (χ1n) is 10.3. The summed E-state index contributed by atoms with van der Waals surface area (Å²) in [4.78, 5) is 11.1. The summed E-state index contributed by atoms with van der Waals surface area (Å²) >= 11 is 1.53. The van der Waals surface area contributed by atoms with E-state index < -0.39 is 12.0 Å². The highest BCUT2D eigenvalue weighted by molar-refractivity contribution is 7.98. The molecule has 0 aliphatic carbocycles. The van der Waals surface area contributed by atoms with Gasteiger partial charge in [-0.25, -0.2) is 0 Å². The van der Waals surface area contributed by atoms with E-state index in [1.807, 2.05) is 6.26 Å². The molecule has 5 nitrogen and oxygen atoms in total. The summed E-state index contributed by atoms with van der Waals surface area (Å²) in [6.45, 7) is 14.4. The van der Waals surface area contributed by atoms with Crippen LogP contribution in [0.5, 0.6) is 0 Å². The number of nitrogens with one attached hydrogen (secondary N) is 1. The van der Waals surface area contributed by atoms with Gasteiger partial charge >= 0.3 is 5.97 Å². The minimum Gasteiger partial charge on any atom is -0.480 e. The quantitative estimate of drug-likeness (QED) is 0.273. The van der Waals surface area contributed by atoms with Gasteiger partial charge in [-0.15, -0.1) is 0 Å². The Bertz CT molecular complexity index is 439. The normalized spacial score (nSPS) is 14.2. The Morgan fingerprint density at radius 3 is 2.11 bits per heavy atom. The van der Waals surface area contributed by atoms with Crippen LogP contribution in [-0.2, 0) is 14.3 Å². The van der Waals surface area contributed by atoms with Crippen LogP contribution in [0, 0.1) is 0 Å². The molecular weight excluding hydrogens is 373 g/mol. The molecular formula is C21H42BNO4S. The zero-order valence-electron chi connectivity index (χ0n) is 19.1. The number of hydrogen-bond donors (Lipinski definition) is 2. The van der Waals surface area contributed by atoms with Crippen molar-refractivity contribution >= 4 is 25.6 Å². The summed E-state index contributed by atoms with van der Waals surface area (Å²) in [5.74, 6) is -0.234. The van der Waals surface area contributed by atoms with Crippen molar-refractivity contribution in [3.63, 3.8) is 0 Å². The molecule has 0 saturated carbocycles. The Labute approximate surface area is 178 Å². The summed E-state index contributed by atoms with van der Waals surface area (Å²) in [7, 11) is 6.04. The number of carboxylic acids is 1. The highest BCUT2D eigenvalue weighted by Gasteiger charge is 2.23. The van der Waals surface area contributed by atoms with Crippen molar-refractivity contribution in [2.24, 2.45) is 0 Å². The Morgan fingerprint density at radius 2 is 1.57 bits per heavy atom. The van der Waals surface area contributed by atoms with E-state index in [9.17, 15) is 4.79 Å². The predicted molar refractivity (Wildman–Crippen MR) is 121 cm³/mol. The average Bonchev–Trinajstić information content (AvgIpc) is 2.51. The summed E-state index contributed by atoms with van der Waals surface area (Å²) in [5, 5.41) is 12.1. The zero-order valence-corrected chi connectivity index (χ0v) is 19.9. The van der Waals surface area contributed by atoms with Crippen LogP contribution >= 0.6 is 11.8 Å². The van der Waals surface area contributed by atoms with Crippen LogP contribution in [0.4, 0.5) is 0 Å². The smallest absolute Gasteiger partial charge is 0.321 e. The highest BCUT2D eigenvalue weighted by atomic mass is 32.2. The second kappa shape index (κ2) is 13.1. The highest BCUT2D eigenvalue weighted by Crippen LogP contribution is 2.29. The van der Waals surface area contributed by atoms with E-state index in [4.69, 9.17) is 22.4 Å². The molecule has 164 valence electrons. The molecule has 0 rings (SSSR count). The molecule has 0 aromatic rings. The molecule has 0 aromatic heterocycles. The van der Waals surface area contributed by atoms with Crippen LogP contribution in [0.3, 0.4) is 0 Å². The maximum absolute atomic E-state index is 11.1. The van der Waals surface area contributed by atoms with E-state index in [0.29, 0.717) is 25.5 Å². The number of hydrogen-bond acceptors (Lipinski definition) is 5. The van der Waals surface area contributed by atoms with E-state index in [0.717, 1.165) is 32.1 Å². The van der Waals surface area contributed by atoms with E-state index >= 15 is 0 Å². The number of thioether (sulfide) groups is 1. The molecule has 0 saturated heterocycles. The standard InChI is InChI=1S/C21H42BNO4S/c1-19(2,22)10-8-11-20(3,4)27-15-12-21(5,6)26-14-9-13-23-17(16-28-7)18(24)25/h17,23H,8-16H2,1-7H3,(H,24,25). The molecule has 0 heterocycles. The fourth-order valence-corrected chi connectivity index (χ4v) is 3.36. The number of carboxylic acid groups (broad SMARTS) is 1. The molecule has 1 unspecified atom stereocenters. The van der Waals surface area contributed by atoms with Crippen LogP contribution in [0.1, 0.15) is 73.6 Å². The maximum atomic E-state index is 11.1. The molecule has 1 atom stereocenters. The Kier molecular flexibility index (Phi) is 13.0. The van der Waals surface area contributed by atoms with Crippen LogP contribution in [0.15, 0.2) is 0 Å². The van der Waals surface area contributed by atoms with Crippen LogP contribution < -0.4 is 5.32 Å². The second-order valence-electron chi connectivity index (χ2n) is 9.46. The van der Waals surface area contributed by atoms with Gasteiger partial charge in [-0.2, -0.15) is 11.8 Å². The van der Waals surface area contributed by atoms with Crippen molar-refractivity contribution in [3.8, 4) is 0 Å². The van der Waals surface area contributed by atoms with E-state index in [2.05, 4.69) is 46.9 Å². The summed E-state index contributed by atoms with van der Waals surface area (Å²) in [5.41, 5.74) is -0.421. The Balaban J connectivity index is 3.99. The maximum Gasteiger partial charge on any atom is 0.321 e. The minimum absolute atomic E-state index is 0.124. The van der Waals surface area contributed by atoms with Gasteiger partial charge in [0, 0.05) is 12.4 Å². The van der Waals surface area contributed by atoms with E-state index in [1.54, 1.807) is 0 Å².